The van der Waals surface area contributed by atoms with Gasteiger partial charge in [-0.15, -0.1) is 0 Å². The fourth-order valence-corrected chi connectivity index (χ4v) is 4.83. The Hall–Kier alpha value is -1.19. The van der Waals surface area contributed by atoms with Gasteiger partial charge in [0.05, 0.1) is 6.17 Å². The molecule has 0 spiro atoms. The molecule has 6 N–H and O–H groups in total. The lowest BCUT2D eigenvalue weighted by Crippen LogP contribution is -2.60. The summed E-state index contributed by atoms with van der Waals surface area (Å²) in [5.74, 6) is 2.33. The van der Waals surface area contributed by atoms with E-state index in [2.05, 4.69) is 64.2 Å². The van der Waals surface area contributed by atoms with Crippen LogP contribution in [0.1, 0.15) is 46.0 Å². The summed E-state index contributed by atoms with van der Waals surface area (Å²) in [6.45, 7) is 8.18. The fourth-order valence-electron chi connectivity index (χ4n) is 4.83. The van der Waals surface area contributed by atoms with E-state index < -0.39 is 6.17 Å². The summed E-state index contributed by atoms with van der Waals surface area (Å²) in [5, 5.41) is 14.0. The molecule has 3 aliphatic rings. The first-order valence-corrected chi connectivity index (χ1v) is 12.1. The van der Waals surface area contributed by atoms with Crippen molar-refractivity contribution in [2.45, 2.75) is 70.6 Å². The van der Waals surface area contributed by atoms with Crippen molar-refractivity contribution in [2.24, 2.45) is 17.8 Å². The summed E-state index contributed by atoms with van der Waals surface area (Å²) in [5.41, 5.74) is 6.86. The van der Waals surface area contributed by atoms with Crippen LogP contribution in [-0.4, -0.2) is 57.9 Å². The topological polar surface area (TPSA) is 81.4 Å². The zero-order chi connectivity index (χ0) is 22.1. The van der Waals surface area contributed by atoms with Crippen molar-refractivity contribution in [3.8, 4) is 0 Å². The van der Waals surface area contributed by atoms with Crippen molar-refractivity contribution in [1.29, 1.82) is 0 Å². The molecular weight excluding hydrogens is 395 g/mol. The number of rotatable bonds is 10. The molecule has 4 unspecified atom stereocenters. The van der Waals surface area contributed by atoms with Crippen LogP contribution in [0.15, 0.2) is 24.0 Å². The number of piperazine rings is 1. The van der Waals surface area contributed by atoms with Gasteiger partial charge in [0.15, 0.2) is 0 Å². The molecule has 1 aliphatic carbocycles. The third-order valence-corrected chi connectivity index (χ3v) is 6.96. The molecule has 0 aromatic rings. The first-order valence-electron chi connectivity index (χ1n) is 12.1. The summed E-state index contributed by atoms with van der Waals surface area (Å²) in [4.78, 5) is 0. The molecule has 7 nitrogen and oxygen atoms in total. The van der Waals surface area contributed by atoms with Gasteiger partial charge in [-0.2, -0.15) is 0 Å². The minimum atomic E-state index is -0.617. The molecule has 0 bridgehead atoms. The molecule has 1 saturated heterocycles. The van der Waals surface area contributed by atoms with E-state index in [1.165, 1.54) is 0 Å². The second-order valence-corrected chi connectivity index (χ2v) is 9.19. The van der Waals surface area contributed by atoms with Crippen molar-refractivity contribution in [3.63, 3.8) is 0 Å². The Morgan fingerprint density at radius 3 is 2.58 bits per heavy atom. The van der Waals surface area contributed by atoms with Crippen molar-refractivity contribution in [3.05, 3.63) is 24.0 Å². The molecule has 0 radical (unpaired) electrons. The second-order valence-electron chi connectivity index (χ2n) is 9.19. The maximum atomic E-state index is 13.6. The van der Waals surface area contributed by atoms with Crippen LogP contribution < -0.4 is 32.1 Å². The van der Waals surface area contributed by atoms with E-state index in [4.69, 9.17) is 4.74 Å². The first-order chi connectivity index (χ1) is 15.1. The summed E-state index contributed by atoms with van der Waals surface area (Å²) < 4.78 is 19.0. The number of nitrogens with one attached hydrogen (secondary N) is 6. The molecule has 2 aliphatic heterocycles. The average Bonchev–Trinajstić information content (AvgIpc) is 2.82. The number of allylic oxidation sites excluding steroid dienone is 1. The summed E-state index contributed by atoms with van der Waals surface area (Å²) in [6, 6.07) is 0.292. The number of hydrogen-bond donors (Lipinski definition) is 6. The minimum absolute atomic E-state index is 0.00523. The number of ether oxygens (including phenoxy) is 1. The molecule has 0 aromatic heterocycles. The molecule has 2 heterocycles. The zero-order valence-electron chi connectivity index (χ0n) is 19.4. The van der Waals surface area contributed by atoms with Crippen LogP contribution in [0, 0.1) is 17.8 Å². The maximum absolute atomic E-state index is 13.6. The van der Waals surface area contributed by atoms with Gasteiger partial charge >= 0.3 is 0 Å². The van der Waals surface area contributed by atoms with Crippen molar-refractivity contribution < 1.29 is 9.13 Å². The number of halogens is 1. The maximum Gasteiger partial charge on any atom is 0.126 e. The Bertz CT molecular complexity index is 574. The largest absolute Gasteiger partial charge is 0.368 e. The fraction of sp³-hybridized carbons (Fsp3) is 0.826. The van der Waals surface area contributed by atoms with Gasteiger partial charge < -0.3 is 20.8 Å². The van der Waals surface area contributed by atoms with Gasteiger partial charge in [-0.3, -0.25) is 10.6 Å². The highest BCUT2D eigenvalue weighted by atomic mass is 19.1. The molecule has 2 fully saturated rings. The minimum Gasteiger partial charge on any atom is -0.368 e. The lowest BCUT2D eigenvalue weighted by Gasteiger charge is -2.33. The van der Waals surface area contributed by atoms with Crippen LogP contribution >= 0.6 is 0 Å². The highest BCUT2D eigenvalue weighted by molar-refractivity contribution is 5.09. The van der Waals surface area contributed by atoms with E-state index in [1.807, 2.05) is 0 Å². The Kier molecular flexibility index (Phi) is 10.1. The Balaban J connectivity index is 1.65. The standard InChI is InChI=1S/C23H43FN6O/c1-4-17(19-7-10-23(31-3)27-14-19)13-21(29-30-22-15-25-11-12-26-22)28-16(2)18-5-8-20(24)9-6-18/h7,10,13,16-20,22-23,25-30H,4-6,8-9,11-12,14-15H2,1-3H3/b21-13-/t16-,17?,18?,19?,20?,22?,23?/m0/s1. The summed E-state index contributed by atoms with van der Waals surface area (Å²) in [7, 11) is 1.73. The van der Waals surface area contributed by atoms with E-state index in [1.54, 1.807) is 7.11 Å². The van der Waals surface area contributed by atoms with Gasteiger partial charge in [0.1, 0.15) is 18.2 Å². The quantitative estimate of drug-likeness (QED) is 0.229. The van der Waals surface area contributed by atoms with Crippen LogP contribution in [0.3, 0.4) is 0 Å². The lowest BCUT2D eigenvalue weighted by molar-refractivity contribution is 0.101. The van der Waals surface area contributed by atoms with Crippen LogP contribution in [0.2, 0.25) is 0 Å². The molecule has 8 heteroatoms. The van der Waals surface area contributed by atoms with Gasteiger partial charge in [-0.05, 0) is 68.9 Å². The zero-order valence-corrected chi connectivity index (χ0v) is 19.4. The number of methoxy groups -OCH3 is 1. The average molecular weight is 439 g/mol. The molecule has 3 rings (SSSR count). The van der Waals surface area contributed by atoms with Crippen LogP contribution in [0.4, 0.5) is 4.39 Å². The number of hydrogen-bond acceptors (Lipinski definition) is 7. The highest BCUT2D eigenvalue weighted by Gasteiger charge is 2.26. The van der Waals surface area contributed by atoms with Crippen LogP contribution in [0.5, 0.6) is 0 Å². The molecule has 31 heavy (non-hydrogen) atoms. The smallest absolute Gasteiger partial charge is 0.126 e. The predicted octanol–water partition coefficient (Wildman–Crippen LogP) is 1.72. The first kappa shape index (κ1) is 24.5. The van der Waals surface area contributed by atoms with Gasteiger partial charge in [0.25, 0.3) is 0 Å². The predicted molar refractivity (Wildman–Crippen MR) is 124 cm³/mol. The second kappa shape index (κ2) is 12.7. The number of hydrazine groups is 1. The third-order valence-electron chi connectivity index (χ3n) is 6.96. The molecular formula is C23H43FN6O. The van der Waals surface area contributed by atoms with Gasteiger partial charge in [-0.25, -0.2) is 9.82 Å². The monoisotopic (exact) mass is 438 g/mol. The van der Waals surface area contributed by atoms with Gasteiger partial charge in [0.2, 0.25) is 0 Å². The van der Waals surface area contributed by atoms with Crippen LogP contribution in [-0.2, 0) is 4.74 Å². The van der Waals surface area contributed by atoms with E-state index in [0.717, 1.165) is 51.3 Å². The Morgan fingerprint density at radius 1 is 1.16 bits per heavy atom. The van der Waals surface area contributed by atoms with Crippen molar-refractivity contribution >= 4 is 0 Å². The van der Waals surface area contributed by atoms with Crippen LogP contribution in [0.25, 0.3) is 0 Å². The van der Waals surface area contributed by atoms with E-state index >= 15 is 0 Å². The molecule has 178 valence electrons. The van der Waals surface area contributed by atoms with E-state index in [-0.39, 0.29) is 12.4 Å². The molecule has 0 aromatic carbocycles. The SMILES string of the molecule is CCC(/C=C(\NNC1CNCCN1)N[C@@H](C)C1CCC(F)CC1)C1C=CC(OC)NC1. The van der Waals surface area contributed by atoms with Crippen molar-refractivity contribution in [1.82, 2.24) is 32.1 Å². The van der Waals surface area contributed by atoms with Crippen molar-refractivity contribution in [2.75, 3.05) is 33.3 Å². The van der Waals surface area contributed by atoms with Gasteiger partial charge in [0, 0.05) is 39.3 Å². The highest BCUT2D eigenvalue weighted by Crippen LogP contribution is 2.29. The van der Waals surface area contributed by atoms with E-state index in [0.29, 0.717) is 36.6 Å². The Labute approximate surface area is 187 Å². The summed E-state index contributed by atoms with van der Waals surface area (Å²) in [6.07, 6.45) is 10.6. The lowest BCUT2D eigenvalue weighted by atomic mass is 9.83. The summed E-state index contributed by atoms with van der Waals surface area (Å²) >= 11 is 0. The molecule has 0 amide bonds. The van der Waals surface area contributed by atoms with E-state index in [9.17, 15) is 4.39 Å². The molecule has 1 saturated carbocycles. The molecule has 5 atom stereocenters. The normalized spacial score (nSPS) is 34.2. The van der Waals surface area contributed by atoms with Gasteiger partial charge in [-0.1, -0.05) is 13.0 Å². The third kappa shape index (κ3) is 7.71. The number of alkyl halides is 1. The Morgan fingerprint density at radius 2 is 1.97 bits per heavy atom.